The Bertz CT molecular complexity index is 840. The van der Waals surface area contributed by atoms with Crippen molar-refractivity contribution in [3.05, 3.63) is 58.6 Å². The highest BCUT2D eigenvalue weighted by molar-refractivity contribution is 6.31. The molecule has 0 saturated carbocycles. The maximum absolute atomic E-state index is 12.4. The van der Waals surface area contributed by atoms with E-state index in [2.05, 4.69) is 26.1 Å². The molecule has 27 heavy (non-hydrogen) atoms. The number of nitrogens with zero attached hydrogens (tertiary/aromatic N) is 1. The number of para-hydroxylation sites is 1. The lowest BCUT2D eigenvalue weighted by atomic mass is 9.85. The Labute approximate surface area is 166 Å². The van der Waals surface area contributed by atoms with Gasteiger partial charge in [0.2, 0.25) is 11.8 Å². The van der Waals surface area contributed by atoms with E-state index in [4.69, 9.17) is 11.6 Å². The fourth-order valence-electron chi connectivity index (χ4n) is 2.96. The summed E-state index contributed by atoms with van der Waals surface area (Å²) in [6.07, 6.45) is 0.198. The second kappa shape index (κ2) is 8.57. The highest BCUT2D eigenvalue weighted by Crippen LogP contribution is 2.32. The summed E-state index contributed by atoms with van der Waals surface area (Å²) in [4.78, 5) is 26.4. The molecular weight excluding hydrogens is 360 g/mol. The number of anilines is 2. The Morgan fingerprint density at radius 2 is 1.74 bits per heavy atom. The van der Waals surface area contributed by atoms with Crippen LogP contribution in [0.5, 0.6) is 0 Å². The number of nitrogens with one attached hydrogen (secondary N) is 1. The first kappa shape index (κ1) is 21.0. The van der Waals surface area contributed by atoms with Crippen molar-refractivity contribution in [3.63, 3.8) is 0 Å². The Morgan fingerprint density at radius 3 is 2.37 bits per heavy atom. The van der Waals surface area contributed by atoms with Gasteiger partial charge >= 0.3 is 0 Å². The highest BCUT2D eigenvalue weighted by atomic mass is 35.5. The molecule has 2 aromatic carbocycles. The minimum Gasteiger partial charge on any atom is -0.326 e. The number of hydrogen-bond donors (Lipinski definition) is 1. The average molecular weight is 387 g/mol. The molecular formula is C22H27ClN2O2. The van der Waals surface area contributed by atoms with Gasteiger partial charge in [0.15, 0.2) is 0 Å². The molecule has 0 bridgehead atoms. The van der Waals surface area contributed by atoms with Crippen molar-refractivity contribution >= 4 is 34.8 Å². The smallest absolute Gasteiger partial charge is 0.226 e. The molecule has 0 aromatic heterocycles. The van der Waals surface area contributed by atoms with Crippen LogP contribution in [0.3, 0.4) is 0 Å². The number of benzene rings is 2. The summed E-state index contributed by atoms with van der Waals surface area (Å²) >= 11 is 6.10. The van der Waals surface area contributed by atoms with Gasteiger partial charge in [0.25, 0.3) is 0 Å². The van der Waals surface area contributed by atoms with Crippen LogP contribution in [0.4, 0.5) is 11.4 Å². The monoisotopic (exact) mass is 386 g/mol. The van der Waals surface area contributed by atoms with Gasteiger partial charge in [-0.15, -0.1) is 0 Å². The Hall–Kier alpha value is -2.33. The standard InChI is InChI=1S/C22H27ClN2O2/c1-15-18(23)10-8-11-19(15)24-21(27)13-14-25(16(2)26)20-12-7-6-9-17(20)22(3,4)5/h6-12H,13-14H2,1-5H3,(H,24,27). The topological polar surface area (TPSA) is 49.4 Å². The summed E-state index contributed by atoms with van der Waals surface area (Å²) in [5, 5.41) is 3.49. The molecule has 2 rings (SSSR count). The number of hydrogen-bond acceptors (Lipinski definition) is 2. The van der Waals surface area contributed by atoms with E-state index in [-0.39, 0.29) is 23.7 Å². The van der Waals surface area contributed by atoms with Crippen LogP contribution in [-0.4, -0.2) is 18.4 Å². The molecule has 0 atom stereocenters. The van der Waals surface area contributed by atoms with Gasteiger partial charge in [-0.25, -0.2) is 0 Å². The molecule has 0 heterocycles. The van der Waals surface area contributed by atoms with Crippen molar-refractivity contribution in [1.29, 1.82) is 0 Å². The van der Waals surface area contributed by atoms with Gasteiger partial charge < -0.3 is 10.2 Å². The zero-order valence-corrected chi connectivity index (χ0v) is 17.4. The first-order valence-corrected chi connectivity index (χ1v) is 9.41. The van der Waals surface area contributed by atoms with E-state index in [0.717, 1.165) is 16.8 Å². The maximum atomic E-state index is 12.4. The first-order valence-electron chi connectivity index (χ1n) is 9.04. The predicted molar refractivity (Wildman–Crippen MR) is 113 cm³/mol. The predicted octanol–water partition coefficient (Wildman–Crippen LogP) is 5.33. The first-order chi connectivity index (χ1) is 12.6. The molecule has 2 amide bonds. The minimum atomic E-state index is -0.153. The fourth-order valence-corrected chi connectivity index (χ4v) is 3.13. The van der Waals surface area contributed by atoms with Crippen molar-refractivity contribution in [2.24, 2.45) is 0 Å². The summed E-state index contributed by atoms with van der Waals surface area (Å²) < 4.78 is 0. The van der Waals surface area contributed by atoms with Crippen LogP contribution < -0.4 is 10.2 Å². The van der Waals surface area contributed by atoms with E-state index in [1.165, 1.54) is 6.92 Å². The van der Waals surface area contributed by atoms with Crippen LogP contribution in [0.2, 0.25) is 5.02 Å². The molecule has 0 fully saturated rings. The molecule has 0 unspecified atom stereocenters. The van der Waals surface area contributed by atoms with Gasteiger partial charge in [-0.3, -0.25) is 9.59 Å². The molecule has 0 aliphatic carbocycles. The van der Waals surface area contributed by atoms with Crippen LogP contribution in [-0.2, 0) is 15.0 Å². The third kappa shape index (κ3) is 5.33. The number of rotatable bonds is 5. The summed E-state index contributed by atoms with van der Waals surface area (Å²) in [7, 11) is 0. The molecule has 0 radical (unpaired) electrons. The number of amides is 2. The van der Waals surface area contributed by atoms with Crippen LogP contribution in [0.1, 0.15) is 45.2 Å². The zero-order valence-electron chi connectivity index (χ0n) is 16.6. The molecule has 4 nitrogen and oxygen atoms in total. The lowest BCUT2D eigenvalue weighted by Gasteiger charge is -2.29. The lowest BCUT2D eigenvalue weighted by Crippen LogP contribution is -2.34. The second-order valence-electron chi connectivity index (χ2n) is 7.65. The van der Waals surface area contributed by atoms with Crippen LogP contribution in [0.15, 0.2) is 42.5 Å². The van der Waals surface area contributed by atoms with Crippen LogP contribution in [0.25, 0.3) is 0 Å². The summed E-state index contributed by atoms with van der Waals surface area (Å²) in [5.74, 6) is -0.238. The third-order valence-electron chi connectivity index (χ3n) is 4.49. The molecule has 144 valence electrons. The Morgan fingerprint density at radius 1 is 1.07 bits per heavy atom. The van der Waals surface area contributed by atoms with E-state index in [1.54, 1.807) is 17.0 Å². The van der Waals surface area contributed by atoms with Crippen molar-refractivity contribution in [1.82, 2.24) is 0 Å². The van der Waals surface area contributed by atoms with E-state index >= 15 is 0 Å². The number of carbonyl (C=O) groups is 2. The van der Waals surface area contributed by atoms with E-state index in [1.807, 2.05) is 37.3 Å². The average Bonchev–Trinajstić information content (AvgIpc) is 2.58. The lowest BCUT2D eigenvalue weighted by molar-refractivity contribution is -0.117. The van der Waals surface area contributed by atoms with Crippen molar-refractivity contribution in [2.75, 3.05) is 16.8 Å². The third-order valence-corrected chi connectivity index (χ3v) is 4.90. The Kier molecular flexibility index (Phi) is 6.66. The molecule has 0 saturated heterocycles. The largest absolute Gasteiger partial charge is 0.326 e. The SMILES string of the molecule is CC(=O)N(CCC(=O)Nc1cccc(Cl)c1C)c1ccccc1C(C)(C)C. The van der Waals surface area contributed by atoms with Gasteiger partial charge in [-0.1, -0.05) is 56.6 Å². The van der Waals surface area contributed by atoms with Gasteiger partial charge in [-0.05, 0) is 41.7 Å². The van der Waals surface area contributed by atoms with Crippen molar-refractivity contribution in [2.45, 2.75) is 46.5 Å². The van der Waals surface area contributed by atoms with Gasteiger partial charge in [0, 0.05) is 36.3 Å². The maximum Gasteiger partial charge on any atom is 0.226 e. The fraction of sp³-hybridized carbons (Fsp3) is 0.364. The molecule has 0 aliphatic rings. The van der Waals surface area contributed by atoms with Crippen molar-refractivity contribution in [3.8, 4) is 0 Å². The normalized spacial score (nSPS) is 11.2. The quantitative estimate of drug-likeness (QED) is 0.755. The molecule has 1 N–H and O–H groups in total. The zero-order chi connectivity index (χ0) is 20.2. The molecule has 0 spiro atoms. The molecule has 5 heteroatoms. The minimum absolute atomic E-state index is 0.0848. The number of carbonyl (C=O) groups excluding carboxylic acids is 2. The summed E-state index contributed by atoms with van der Waals surface area (Å²) in [6.45, 7) is 10.0. The van der Waals surface area contributed by atoms with E-state index in [9.17, 15) is 9.59 Å². The summed E-state index contributed by atoms with van der Waals surface area (Å²) in [6, 6.07) is 13.2. The second-order valence-corrected chi connectivity index (χ2v) is 8.06. The summed E-state index contributed by atoms with van der Waals surface area (Å²) in [5.41, 5.74) is 3.34. The van der Waals surface area contributed by atoms with Crippen LogP contribution >= 0.6 is 11.6 Å². The van der Waals surface area contributed by atoms with Gasteiger partial charge in [-0.2, -0.15) is 0 Å². The number of halogens is 1. The molecule has 0 aliphatic heterocycles. The van der Waals surface area contributed by atoms with Crippen LogP contribution in [0, 0.1) is 6.92 Å². The van der Waals surface area contributed by atoms with Crippen molar-refractivity contribution < 1.29 is 9.59 Å². The Balaban J connectivity index is 2.15. The molecule has 2 aromatic rings. The van der Waals surface area contributed by atoms with E-state index < -0.39 is 0 Å². The van der Waals surface area contributed by atoms with Gasteiger partial charge in [0.05, 0.1) is 0 Å². The highest BCUT2D eigenvalue weighted by Gasteiger charge is 2.23. The van der Waals surface area contributed by atoms with E-state index in [0.29, 0.717) is 17.3 Å². The van der Waals surface area contributed by atoms with Gasteiger partial charge in [0.1, 0.15) is 0 Å².